The van der Waals surface area contributed by atoms with Gasteiger partial charge in [0.1, 0.15) is 0 Å². The standard InChI is InChI=1S/C6H7NO/c8-5-6-3-1-2-4-7-6/h1,3-4,7-8H,5H2. The highest BCUT2D eigenvalue weighted by Gasteiger charge is 1.88. The minimum Gasteiger partial charge on any atom is -0.390 e. The molecule has 0 aromatic carbocycles. The molecule has 0 aromatic heterocycles. The second-order valence-electron chi connectivity index (χ2n) is 1.47. The van der Waals surface area contributed by atoms with Crippen LogP contribution in [0.5, 0.6) is 0 Å². The van der Waals surface area contributed by atoms with E-state index in [1.54, 1.807) is 18.4 Å². The van der Waals surface area contributed by atoms with Gasteiger partial charge in [0.15, 0.2) is 0 Å². The molecule has 0 radical (unpaired) electrons. The smallest absolute Gasteiger partial charge is 0.0831 e. The molecule has 0 unspecified atom stereocenters. The molecular formula is C6H7NO. The van der Waals surface area contributed by atoms with Crippen LogP contribution in [-0.4, -0.2) is 11.7 Å². The molecule has 0 spiro atoms. The summed E-state index contributed by atoms with van der Waals surface area (Å²) in [6, 6.07) is 0. The van der Waals surface area contributed by atoms with Gasteiger partial charge < -0.3 is 10.4 Å². The van der Waals surface area contributed by atoms with E-state index in [4.69, 9.17) is 5.11 Å². The first-order valence-electron chi connectivity index (χ1n) is 2.41. The van der Waals surface area contributed by atoms with E-state index in [1.165, 1.54) is 0 Å². The Labute approximate surface area is 47.8 Å². The maximum absolute atomic E-state index is 8.49. The number of aliphatic hydroxyl groups excluding tert-OH is 1. The SMILES string of the molecule is OCC1=CC=C=CN1. The van der Waals surface area contributed by atoms with Gasteiger partial charge in [0.05, 0.1) is 6.61 Å². The van der Waals surface area contributed by atoms with E-state index in [2.05, 4.69) is 11.0 Å². The van der Waals surface area contributed by atoms with Gasteiger partial charge in [-0.15, -0.1) is 5.73 Å². The number of hydrogen-bond donors (Lipinski definition) is 2. The molecule has 0 atom stereocenters. The molecule has 0 amide bonds. The first kappa shape index (κ1) is 5.16. The van der Waals surface area contributed by atoms with Crippen LogP contribution < -0.4 is 5.32 Å². The lowest BCUT2D eigenvalue weighted by molar-refractivity contribution is 0.325. The molecule has 1 aliphatic rings. The number of aliphatic hydroxyl groups is 1. The van der Waals surface area contributed by atoms with Crippen molar-refractivity contribution in [3.8, 4) is 0 Å². The summed E-state index contributed by atoms with van der Waals surface area (Å²) in [7, 11) is 0. The largest absolute Gasteiger partial charge is 0.390 e. The lowest BCUT2D eigenvalue weighted by atomic mass is 10.3. The lowest BCUT2D eigenvalue weighted by Crippen LogP contribution is -2.08. The van der Waals surface area contributed by atoms with E-state index in [-0.39, 0.29) is 6.61 Å². The van der Waals surface area contributed by atoms with Gasteiger partial charge in [0.2, 0.25) is 0 Å². The summed E-state index contributed by atoms with van der Waals surface area (Å²) in [6.07, 6.45) is 5.19. The molecule has 1 aliphatic heterocycles. The molecule has 8 heavy (non-hydrogen) atoms. The summed E-state index contributed by atoms with van der Waals surface area (Å²) in [6.45, 7) is 0.0642. The summed E-state index contributed by atoms with van der Waals surface area (Å²) in [5.74, 6) is 0. The van der Waals surface area contributed by atoms with Gasteiger partial charge in [0.25, 0.3) is 0 Å². The zero-order chi connectivity index (χ0) is 5.82. The molecule has 2 heteroatoms. The van der Waals surface area contributed by atoms with Crippen LogP contribution in [0.15, 0.2) is 29.8 Å². The predicted molar refractivity (Wildman–Crippen MR) is 31.0 cm³/mol. The van der Waals surface area contributed by atoms with Gasteiger partial charge >= 0.3 is 0 Å². The van der Waals surface area contributed by atoms with Gasteiger partial charge in [-0.3, -0.25) is 0 Å². The van der Waals surface area contributed by atoms with Crippen LogP contribution in [0.3, 0.4) is 0 Å². The molecule has 0 saturated carbocycles. The second-order valence-corrected chi connectivity index (χ2v) is 1.47. The van der Waals surface area contributed by atoms with Gasteiger partial charge in [-0.1, -0.05) is 0 Å². The molecule has 0 fully saturated rings. The van der Waals surface area contributed by atoms with Gasteiger partial charge in [-0.2, -0.15) is 0 Å². The monoisotopic (exact) mass is 109 g/mol. The number of nitrogens with one attached hydrogen (secondary N) is 1. The molecule has 42 valence electrons. The van der Waals surface area contributed by atoms with E-state index in [9.17, 15) is 0 Å². The fourth-order valence-electron chi connectivity index (χ4n) is 0.478. The summed E-state index contributed by atoms with van der Waals surface area (Å²) in [4.78, 5) is 0. The number of allylic oxidation sites excluding steroid dienone is 2. The number of hydrogen-bond acceptors (Lipinski definition) is 2. The minimum absolute atomic E-state index is 0.0642. The first-order chi connectivity index (χ1) is 3.93. The highest BCUT2D eigenvalue weighted by Crippen LogP contribution is 1.90. The van der Waals surface area contributed by atoms with Crippen LogP contribution in [0.2, 0.25) is 0 Å². The summed E-state index contributed by atoms with van der Waals surface area (Å²) < 4.78 is 0. The molecular weight excluding hydrogens is 102 g/mol. The van der Waals surface area contributed by atoms with E-state index in [0.29, 0.717) is 0 Å². The van der Waals surface area contributed by atoms with Gasteiger partial charge in [-0.05, 0) is 12.2 Å². The predicted octanol–water partition coefficient (Wildman–Crippen LogP) is 0.135. The molecule has 0 saturated heterocycles. The maximum Gasteiger partial charge on any atom is 0.0831 e. The Morgan fingerprint density at radius 2 is 2.62 bits per heavy atom. The Morgan fingerprint density at radius 3 is 3.00 bits per heavy atom. The van der Waals surface area contributed by atoms with E-state index >= 15 is 0 Å². The highest BCUT2D eigenvalue weighted by atomic mass is 16.3. The normalized spacial score (nSPS) is 15.4. The molecule has 0 aliphatic carbocycles. The fraction of sp³-hybridized carbons (Fsp3) is 0.167. The average molecular weight is 109 g/mol. The van der Waals surface area contributed by atoms with Gasteiger partial charge in [0, 0.05) is 11.9 Å². The fourth-order valence-corrected chi connectivity index (χ4v) is 0.478. The first-order valence-corrected chi connectivity index (χ1v) is 2.41. The van der Waals surface area contributed by atoms with E-state index in [1.807, 2.05) is 0 Å². The van der Waals surface area contributed by atoms with Crippen molar-refractivity contribution in [1.29, 1.82) is 0 Å². The molecule has 1 heterocycles. The summed E-state index contributed by atoms with van der Waals surface area (Å²) >= 11 is 0. The zero-order valence-corrected chi connectivity index (χ0v) is 4.39. The Hall–Kier alpha value is -0.980. The van der Waals surface area contributed by atoms with Crippen LogP contribution >= 0.6 is 0 Å². The third-order valence-corrected chi connectivity index (χ3v) is 0.892. The molecule has 1 rings (SSSR count). The van der Waals surface area contributed by atoms with E-state index in [0.717, 1.165) is 5.70 Å². The zero-order valence-electron chi connectivity index (χ0n) is 4.39. The summed E-state index contributed by atoms with van der Waals surface area (Å²) in [5, 5.41) is 11.3. The van der Waals surface area contributed by atoms with Crippen LogP contribution in [0.25, 0.3) is 0 Å². The highest BCUT2D eigenvalue weighted by molar-refractivity contribution is 5.16. The van der Waals surface area contributed by atoms with Crippen molar-refractivity contribution >= 4 is 0 Å². The van der Waals surface area contributed by atoms with Crippen molar-refractivity contribution in [3.05, 3.63) is 29.8 Å². The Kier molecular flexibility index (Phi) is 1.52. The molecule has 2 N–H and O–H groups in total. The second kappa shape index (κ2) is 2.36. The lowest BCUT2D eigenvalue weighted by Gasteiger charge is -2.01. The van der Waals surface area contributed by atoms with Crippen molar-refractivity contribution in [3.63, 3.8) is 0 Å². The quantitative estimate of drug-likeness (QED) is 0.469. The van der Waals surface area contributed by atoms with Crippen LogP contribution in [-0.2, 0) is 0 Å². The van der Waals surface area contributed by atoms with Crippen LogP contribution in [0, 0.1) is 0 Å². The van der Waals surface area contributed by atoms with Crippen LogP contribution in [0.1, 0.15) is 0 Å². The molecule has 2 nitrogen and oxygen atoms in total. The average Bonchev–Trinajstić information content (AvgIpc) is 1.90. The van der Waals surface area contributed by atoms with Crippen molar-refractivity contribution in [2.24, 2.45) is 0 Å². The molecule has 0 aromatic rings. The Morgan fingerprint density at radius 1 is 1.75 bits per heavy atom. The minimum atomic E-state index is 0.0642. The third kappa shape index (κ3) is 0.997. The maximum atomic E-state index is 8.49. The van der Waals surface area contributed by atoms with Crippen molar-refractivity contribution in [2.45, 2.75) is 0 Å². The topological polar surface area (TPSA) is 32.3 Å². The number of rotatable bonds is 1. The van der Waals surface area contributed by atoms with E-state index < -0.39 is 0 Å². The molecule has 0 bridgehead atoms. The Bertz CT molecular complexity index is 163. The Balaban J connectivity index is 2.63. The summed E-state index contributed by atoms with van der Waals surface area (Å²) in [5.41, 5.74) is 3.61. The third-order valence-electron chi connectivity index (χ3n) is 0.892. The van der Waals surface area contributed by atoms with Crippen LogP contribution in [0.4, 0.5) is 0 Å². The van der Waals surface area contributed by atoms with Crippen molar-refractivity contribution in [2.75, 3.05) is 6.61 Å². The van der Waals surface area contributed by atoms with Crippen molar-refractivity contribution < 1.29 is 5.11 Å². The van der Waals surface area contributed by atoms with Gasteiger partial charge in [-0.25, -0.2) is 0 Å². The van der Waals surface area contributed by atoms with Crippen molar-refractivity contribution in [1.82, 2.24) is 5.32 Å².